The van der Waals surface area contributed by atoms with Crippen molar-refractivity contribution >= 4 is 5.91 Å². The second-order valence-corrected chi connectivity index (χ2v) is 8.83. The summed E-state index contributed by atoms with van der Waals surface area (Å²) in [6, 6.07) is 16.7. The summed E-state index contributed by atoms with van der Waals surface area (Å²) >= 11 is 0. The maximum absolute atomic E-state index is 12.3. The van der Waals surface area contributed by atoms with Crippen LogP contribution >= 0.6 is 0 Å². The van der Waals surface area contributed by atoms with E-state index in [0.29, 0.717) is 12.5 Å². The van der Waals surface area contributed by atoms with Crippen molar-refractivity contribution in [3.63, 3.8) is 0 Å². The van der Waals surface area contributed by atoms with Gasteiger partial charge < -0.3 is 10.1 Å². The normalized spacial score (nSPS) is 12.7. The number of aryl methyl sites for hydroxylation is 1. The molecule has 0 heterocycles. The van der Waals surface area contributed by atoms with E-state index >= 15 is 0 Å². The van der Waals surface area contributed by atoms with Crippen LogP contribution in [0.2, 0.25) is 0 Å². The molecule has 0 aliphatic rings. The number of hydrogen-bond acceptors (Lipinski definition) is 2. The fraction of sp³-hybridized carbons (Fsp3) is 0.480. The standard InChI is InChI=1S/C25H35NO2/c1-18(2)21-11-9-20(10-12-21)8-7-17-26-24(27)19(3)28-23-15-13-22(14-16-23)25(4,5)6/h9-16,18-19H,7-8,17H2,1-6H3,(H,26,27)/t19-/m1/s1. The fourth-order valence-corrected chi connectivity index (χ4v) is 3.01. The van der Waals surface area contributed by atoms with Gasteiger partial charge in [0.15, 0.2) is 6.10 Å². The summed E-state index contributed by atoms with van der Waals surface area (Å²) in [5.41, 5.74) is 4.02. The first-order valence-electron chi connectivity index (χ1n) is 10.3. The summed E-state index contributed by atoms with van der Waals surface area (Å²) in [5, 5.41) is 2.97. The summed E-state index contributed by atoms with van der Waals surface area (Å²) < 4.78 is 5.78. The molecule has 2 aromatic carbocycles. The summed E-state index contributed by atoms with van der Waals surface area (Å²) in [6.45, 7) is 13.4. The van der Waals surface area contributed by atoms with Crippen LogP contribution < -0.4 is 10.1 Å². The zero-order valence-electron chi connectivity index (χ0n) is 18.2. The zero-order valence-corrected chi connectivity index (χ0v) is 18.2. The van der Waals surface area contributed by atoms with Crippen molar-refractivity contribution in [1.29, 1.82) is 0 Å². The minimum Gasteiger partial charge on any atom is -0.481 e. The van der Waals surface area contributed by atoms with Gasteiger partial charge in [-0.05, 0) is 59.9 Å². The Kier molecular flexibility index (Phi) is 7.68. The molecule has 1 N–H and O–H groups in total. The van der Waals surface area contributed by atoms with E-state index in [1.54, 1.807) is 6.92 Å². The average Bonchev–Trinajstić information content (AvgIpc) is 2.65. The Morgan fingerprint density at radius 3 is 2.11 bits per heavy atom. The largest absolute Gasteiger partial charge is 0.481 e. The molecule has 0 saturated heterocycles. The van der Waals surface area contributed by atoms with E-state index in [1.165, 1.54) is 16.7 Å². The topological polar surface area (TPSA) is 38.3 Å². The predicted octanol–water partition coefficient (Wildman–Crippen LogP) is 5.62. The molecule has 152 valence electrons. The van der Waals surface area contributed by atoms with Crippen molar-refractivity contribution in [3.05, 3.63) is 65.2 Å². The van der Waals surface area contributed by atoms with E-state index in [2.05, 4.69) is 76.3 Å². The van der Waals surface area contributed by atoms with Crippen LogP contribution in [0.15, 0.2) is 48.5 Å². The highest BCUT2D eigenvalue weighted by molar-refractivity contribution is 5.80. The molecule has 1 amide bonds. The number of rotatable bonds is 8. The van der Waals surface area contributed by atoms with Gasteiger partial charge in [0, 0.05) is 6.54 Å². The molecular formula is C25H35NO2. The van der Waals surface area contributed by atoms with Crippen molar-refractivity contribution < 1.29 is 9.53 Å². The first-order chi connectivity index (χ1) is 13.2. The molecule has 0 saturated carbocycles. The van der Waals surface area contributed by atoms with Crippen LogP contribution in [-0.2, 0) is 16.6 Å². The minimum absolute atomic E-state index is 0.0740. The lowest BCUT2D eigenvalue weighted by atomic mass is 9.87. The summed E-state index contributed by atoms with van der Waals surface area (Å²) in [7, 11) is 0. The first-order valence-corrected chi connectivity index (χ1v) is 10.3. The van der Waals surface area contributed by atoms with Crippen LogP contribution in [0.25, 0.3) is 0 Å². The molecule has 0 aromatic heterocycles. The first kappa shape index (κ1) is 22.0. The zero-order chi connectivity index (χ0) is 20.7. The third-order valence-electron chi connectivity index (χ3n) is 4.99. The number of ether oxygens (including phenoxy) is 1. The number of nitrogens with one attached hydrogen (secondary N) is 1. The molecule has 3 nitrogen and oxygen atoms in total. The number of benzene rings is 2. The van der Waals surface area contributed by atoms with Gasteiger partial charge >= 0.3 is 0 Å². The van der Waals surface area contributed by atoms with Crippen LogP contribution in [-0.4, -0.2) is 18.6 Å². The van der Waals surface area contributed by atoms with Crippen LogP contribution in [0, 0.1) is 0 Å². The Hall–Kier alpha value is -2.29. The van der Waals surface area contributed by atoms with Gasteiger partial charge in [-0.2, -0.15) is 0 Å². The van der Waals surface area contributed by atoms with Crippen molar-refractivity contribution in [3.8, 4) is 5.75 Å². The van der Waals surface area contributed by atoms with E-state index in [4.69, 9.17) is 4.74 Å². The van der Waals surface area contributed by atoms with Crippen molar-refractivity contribution in [2.75, 3.05) is 6.54 Å². The number of carbonyl (C=O) groups is 1. The van der Waals surface area contributed by atoms with Crippen LogP contribution in [0.3, 0.4) is 0 Å². The highest BCUT2D eigenvalue weighted by Crippen LogP contribution is 2.24. The second kappa shape index (κ2) is 9.77. The fourth-order valence-electron chi connectivity index (χ4n) is 3.01. The third-order valence-corrected chi connectivity index (χ3v) is 4.99. The highest BCUT2D eigenvalue weighted by atomic mass is 16.5. The molecule has 0 spiro atoms. The summed E-state index contributed by atoms with van der Waals surface area (Å²) in [4.78, 5) is 12.3. The van der Waals surface area contributed by atoms with Gasteiger partial charge in [0.05, 0.1) is 0 Å². The van der Waals surface area contributed by atoms with E-state index in [-0.39, 0.29) is 11.3 Å². The number of carbonyl (C=O) groups excluding carboxylic acids is 1. The highest BCUT2D eigenvalue weighted by Gasteiger charge is 2.16. The lowest BCUT2D eigenvalue weighted by Gasteiger charge is -2.20. The summed E-state index contributed by atoms with van der Waals surface area (Å²) in [6.07, 6.45) is 1.37. The molecule has 2 aromatic rings. The minimum atomic E-state index is -0.509. The van der Waals surface area contributed by atoms with Gasteiger partial charge in [-0.3, -0.25) is 4.79 Å². The van der Waals surface area contributed by atoms with Crippen molar-refractivity contribution in [2.24, 2.45) is 0 Å². The molecule has 0 unspecified atom stereocenters. The van der Waals surface area contributed by atoms with Gasteiger partial charge in [-0.25, -0.2) is 0 Å². The molecule has 0 radical (unpaired) electrons. The molecule has 3 heteroatoms. The van der Waals surface area contributed by atoms with Gasteiger partial charge in [0.1, 0.15) is 5.75 Å². The number of amides is 1. The van der Waals surface area contributed by atoms with E-state index < -0.39 is 6.10 Å². The SMILES string of the molecule is CC(C)c1ccc(CCCNC(=O)[C@@H](C)Oc2ccc(C(C)(C)C)cc2)cc1. The Bertz CT molecular complexity index is 740. The van der Waals surface area contributed by atoms with Gasteiger partial charge in [-0.15, -0.1) is 0 Å². The smallest absolute Gasteiger partial charge is 0.260 e. The third kappa shape index (κ3) is 6.70. The Morgan fingerprint density at radius 2 is 1.57 bits per heavy atom. The van der Waals surface area contributed by atoms with Crippen LogP contribution in [0.4, 0.5) is 0 Å². The molecular weight excluding hydrogens is 346 g/mol. The van der Waals surface area contributed by atoms with Gasteiger partial charge in [0.25, 0.3) is 5.91 Å². The lowest BCUT2D eigenvalue weighted by Crippen LogP contribution is -2.36. The summed E-state index contributed by atoms with van der Waals surface area (Å²) in [5.74, 6) is 1.20. The predicted molar refractivity (Wildman–Crippen MR) is 117 cm³/mol. The van der Waals surface area contributed by atoms with E-state index in [1.807, 2.05) is 12.1 Å². The number of hydrogen-bond donors (Lipinski definition) is 1. The monoisotopic (exact) mass is 381 g/mol. The Morgan fingerprint density at radius 1 is 0.964 bits per heavy atom. The maximum Gasteiger partial charge on any atom is 0.260 e. The van der Waals surface area contributed by atoms with Crippen LogP contribution in [0.5, 0.6) is 5.75 Å². The molecule has 1 atom stereocenters. The Labute approximate surface area is 170 Å². The molecule has 28 heavy (non-hydrogen) atoms. The van der Waals surface area contributed by atoms with Crippen molar-refractivity contribution in [2.45, 2.75) is 71.8 Å². The maximum atomic E-state index is 12.3. The van der Waals surface area contributed by atoms with E-state index in [9.17, 15) is 4.79 Å². The quantitative estimate of drug-likeness (QED) is 0.602. The molecule has 2 rings (SSSR count). The molecule has 0 bridgehead atoms. The molecule has 0 aliphatic heterocycles. The van der Waals surface area contributed by atoms with Crippen molar-refractivity contribution in [1.82, 2.24) is 5.32 Å². The van der Waals surface area contributed by atoms with Crippen LogP contribution in [0.1, 0.15) is 70.6 Å². The lowest BCUT2D eigenvalue weighted by molar-refractivity contribution is -0.127. The molecule has 0 fully saturated rings. The molecule has 0 aliphatic carbocycles. The van der Waals surface area contributed by atoms with Gasteiger partial charge in [-0.1, -0.05) is 71.0 Å². The second-order valence-electron chi connectivity index (χ2n) is 8.83. The average molecular weight is 382 g/mol. The Balaban J connectivity index is 1.73. The van der Waals surface area contributed by atoms with Gasteiger partial charge in [0.2, 0.25) is 0 Å². The van der Waals surface area contributed by atoms with E-state index in [0.717, 1.165) is 18.6 Å².